The van der Waals surface area contributed by atoms with Gasteiger partial charge in [-0.3, -0.25) is 9.69 Å². The summed E-state index contributed by atoms with van der Waals surface area (Å²) < 4.78 is 12.8. The van der Waals surface area contributed by atoms with Crippen LogP contribution in [0.3, 0.4) is 0 Å². The number of hydrogen-bond donors (Lipinski definition) is 2. The van der Waals surface area contributed by atoms with E-state index in [0.717, 1.165) is 5.56 Å². The first-order chi connectivity index (χ1) is 9.43. The van der Waals surface area contributed by atoms with Crippen LogP contribution in [0.4, 0.5) is 4.39 Å². The highest BCUT2D eigenvalue weighted by Gasteiger charge is 2.15. The number of carbonyl (C=O) groups is 1. The standard InChI is InChI=1S/C15H23FN2O2/c1-11(2)18(8-9-19)10-15(20)17-12(3)13-4-6-14(16)7-5-13/h4-7,11-12,19H,8-10H2,1-3H3,(H,17,20). The van der Waals surface area contributed by atoms with Crippen LogP contribution in [0, 0.1) is 5.82 Å². The van der Waals surface area contributed by atoms with Gasteiger partial charge in [0.05, 0.1) is 19.2 Å². The second kappa shape index (κ2) is 7.97. The first kappa shape index (κ1) is 16.6. The number of aliphatic hydroxyl groups is 1. The van der Waals surface area contributed by atoms with Crippen molar-refractivity contribution in [2.24, 2.45) is 0 Å². The summed E-state index contributed by atoms with van der Waals surface area (Å²) in [6.07, 6.45) is 0. The molecule has 0 saturated heterocycles. The molecule has 0 aliphatic heterocycles. The largest absolute Gasteiger partial charge is 0.395 e. The highest BCUT2D eigenvalue weighted by atomic mass is 19.1. The van der Waals surface area contributed by atoms with Gasteiger partial charge < -0.3 is 10.4 Å². The fraction of sp³-hybridized carbons (Fsp3) is 0.533. The molecule has 1 unspecified atom stereocenters. The van der Waals surface area contributed by atoms with E-state index >= 15 is 0 Å². The van der Waals surface area contributed by atoms with Gasteiger partial charge in [-0.1, -0.05) is 12.1 Å². The number of benzene rings is 1. The lowest BCUT2D eigenvalue weighted by atomic mass is 10.1. The van der Waals surface area contributed by atoms with Crippen LogP contribution in [0.5, 0.6) is 0 Å². The maximum Gasteiger partial charge on any atom is 0.234 e. The van der Waals surface area contributed by atoms with Gasteiger partial charge in [-0.15, -0.1) is 0 Å². The zero-order valence-electron chi connectivity index (χ0n) is 12.3. The van der Waals surface area contributed by atoms with Crippen LogP contribution < -0.4 is 5.32 Å². The maximum absolute atomic E-state index is 12.8. The van der Waals surface area contributed by atoms with Gasteiger partial charge in [0.1, 0.15) is 5.82 Å². The third-order valence-corrected chi connectivity index (χ3v) is 3.21. The van der Waals surface area contributed by atoms with Crippen LogP contribution in [0.2, 0.25) is 0 Å². The number of amides is 1. The second-order valence-corrected chi connectivity index (χ2v) is 5.13. The summed E-state index contributed by atoms with van der Waals surface area (Å²) in [5.41, 5.74) is 0.859. The Bertz CT molecular complexity index is 420. The number of carbonyl (C=O) groups excluding carboxylic acids is 1. The molecular weight excluding hydrogens is 259 g/mol. The van der Waals surface area contributed by atoms with Gasteiger partial charge in [-0.25, -0.2) is 4.39 Å². The van der Waals surface area contributed by atoms with Gasteiger partial charge in [-0.2, -0.15) is 0 Å². The Morgan fingerprint density at radius 3 is 2.40 bits per heavy atom. The van der Waals surface area contributed by atoms with E-state index in [-0.39, 0.29) is 37.0 Å². The highest BCUT2D eigenvalue weighted by Crippen LogP contribution is 2.12. The van der Waals surface area contributed by atoms with E-state index in [1.54, 1.807) is 12.1 Å². The number of halogens is 1. The Kier molecular flexibility index (Phi) is 6.61. The van der Waals surface area contributed by atoms with E-state index in [1.165, 1.54) is 12.1 Å². The molecule has 0 radical (unpaired) electrons. The normalized spacial score (nSPS) is 12.8. The maximum atomic E-state index is 12.8. The van der Waals surface area contributed by atoms with Gasteiger partial charge in [-0.05, 0) is 38.5 Å². The SMILES string of the molecule is CC(NC(=O)CN(CCO)C(C)C)c1ccc(F)cc1. The van der Waals surface area contributed by atoms with Crippen molar-refractivity contribution in [2.75, 3.05) is 19.7 Å². The fourth-order valence-corrected chi connectivity index (χ4v) is 1.95. The summed E-state index contributed by atoms with van der Waals surface area (Å²) >= 11 is 0. The van der Waals surface area contributed by atoms with E-state index in [9.17, 15) is 9.18 Å². The lowest BCUT2D eigenvalue weighted by Crippen LogP contribution is -2.42. The summed E-state index contributed by atoms with van der Waals surface area (Å²) in [6.45, 7) is 6.55. The van der Waals surface area contributed by atoms with E-state index in [0.29, 0.717) is 6.54 Å². The van der Waals surface area contributed by atoms with Gasteiger partial charge in [0.2, 0.25) is 5.91 Å². The minimum Gasteiger partial charge on any atom is -0.395 e. The molecule has 1 amide bonds. The molecule has 1 aromatic rings. The number of aliphatic hydroxyl groups excluding tert-OH is 1. The van der Waals surface area contributed by atoms with Crippen LogP contribution >= 0.6 is 0 Å². The molecule has 5 heteroatoms. The summed E-state index contributed by atoms with van der Waals surface area (Å²) in [6, 6.07) is 6.09. The van der Waals surface area contributed by atoms with Crippen molar-refractivity contribution < 1.29 is 14.3 Å². The van der Waals surface area contributed by atoms with Crippen LogP contribution in [-0.2, 0) is 4.79 Å². The molecule has 0 heterocycles. The van der Waals surface area contributed by atoms with Gasteiger partial charge in [0.25, 0.3) is 0 Å². The van der Waals surface area contributed by atoms with Crippen molar-refractivity contribution in [3.63, 3.8) is 0 Å². The Morgan fingerprint density at radius 1 is 1.30 bits per heavy atom. The van der Waals surface area contributed by atoms with Crippen LogP contribution in [0.25, 0.3) is 0 Å². The smallest absolute Gasteiger partial charge is 0.234 e. The first-order valence-electron chi connectivity index (χ1n) is 6.83. The monoisotopic (exact) mass is 282 g/mol. The number of rotatable bonds is 7. The third-order valence-electron chi connectivity index (χ3n) is 3.21. The predicted octanol–water partition coefficient (Wildman–Crippen LogP) is 1.71. The number of hydrogen-bond acceptors (Lipinski definition) is 3. The van der Waals surface area contributed by atoms with Crippen molar-refractivity contribution in [3.05, 3.63) is 35.6 Å². The molecule has 1 atom stereocenters. The van der Waals surface area contributed by atoms with Crippen LogP contribution in [0.15, 0.2) is 24.3 Å². The van der Waals surface area contributed by atoms with Crippen molar-refractivity contribution in [2.45, 2.75) is 32.9 Å². The molecule has 0 aliphatic carbocycles. The molecule has 112 valence electrons. The molecule has 0 fully saturated rings. The summed E-state index contributed by atoms with van der Waals surface area (Å²) in [4.78, 5) is 13.9. The number of nitrogens with one attached hydrogen (secondary N) is 1. The molecule has 0 saturated carbocycles. The van der Waals surface area contributed by atoms with E-state index in [4.69, 9.17) is 5.11 Å². The molecule has 1 rings (SSSR count). The molecule has 0 aliphatic rings. The van der Waals surface area contributed by atoms with Crippen molar-refractivity contribution in [1.82, 2.24) is 10.2 Å². The van der Waals surface area contributed by atoms with Gasteiger partial charge in [0.15, 0.2) is 0 Å². The first-order valence-corrected chi connectivity index (χ1v) is 6.83. The summed E-state index contributed by atoms with van der Waals surface area (Å²) in [5, 5.41) is 11.9. The topological polar surface area (TPSA) is 52.6 Å². The van der Waals surface area contributed by atoms with Crippen molar-refractivity contribution in [1.29, 1.82) is 0 Å². The Balaban J connectivity index is 2.54. The van der Waals surface area contributed by atoms with Crippen LogP contribution in [-0.4, -0.2) is 41.7 Å². The Morgan fingerprint density at radius 2 is 1.90 bits per heavy atom. The number of nitrogens with zero attached hydrogens (tertiary/aromatic N) is 1. The fourth-order valence-electron chi connectivity index (χ4n) is 1.95. The van der Waals surface area contributed by atoms with Gasteiger partial charge in [0, 0.05) is 12.6 Å². The van der Waals surface area contributed by atoms with Gasteiger partial charge >= 0.3 is 0 Å². The molecule has 2 N–H and O–H groups in total. The van der Waals surface area contributed by atoms with Crippen LogP contribution in [0.1, 0.15) is 32.4 Å². The predicted molar refractivity (Wildman–Crippen MR) is 76.8 cm³/mol. The van der Waals surface area contributed by atoms with Crippen molar-refractivity contribution in [3.8, 4) is 0 Å². The lowest BCUT2D eigenvalue weighted by Gasteiger charge is -2.25. The third kappa shape index (κ3) is 5.27. The van der Waals surface area contributed by atoms with E-state index in [2.05, 4.69) is 5.32 Å². The zero-order valence-corrected chi connectivity index (χ0v) is 12.3. The second-order valence-electron chi connectivity index (χ2n) is 5.13. The average molecular weight is 282 g/mol. The average Bonchev–Trinajstić information content (AvgIpc) is 2.38. The molecule has 0 aromatic heterocycles. The Labute approximate surface area is 119 Å². The Hall–Kier alpha value is -1.46. The molecular formula is C15H23FN2O2. The lowest BCUT2D eigenvalue weighted by molar-refractivity contribution is -0.123. The van der Waals surface area contributed by atoms with E-state index in [1.807, 2.05) is 25.7 Å². The quantitative estimate of drug-likeness (QED) is 0.800. The minimum absolute atomic E-state index is 0.0268. The zero-order chi connectivity index (χ0) is 15.1. The molecule has 0 spiro atoms. The van der Waals surface area contributed by atoms with E-state index < -0.39 is 0 Å². The van der Waals surface area contributed by atoms with Crippen molar-refractivity contribution >= 4 is 5.91 Å². The molecule has 1 aromatic carbocycles. The summed E-state index contributed by atoms with van der Waals surface area (Å²) in [5.74, 6) is -0.398. The molecule has 0 bridgehead atoms. The molecule has 20 heavy (non-hydrogen) atoms. The summed E-state index contributed by atoms with van der Waals surface area (Å²) in [7, 11) is 0. The minimum atomic E-state index is -0.291. The highest BCUT2D eigenvalue weighted by molar-refractivity contribution is 5.78. The molecule has 4 nitrogen and oxygen atoms in total.